The van der Waals surface area contributed by atoms with Crippen LogP contribution in [-0.2, 0) is 14.3 Å². The van der Waals surface area contributed by atoms with Crippen molar-refractivity contribution in [1.29, 1.82) is 0 Å². The van der Waals surface area contributed by atoms with E-state index in [2.05, 4.69) is 17.6 Å². The molecule has 0 bridgehead atoms. The first-order chi connectivity index (χ1) is 8.63. The van der Waals surface area contributed by atoms with Crippen LogP contribution in [0.1, 0.15) is 33.1 Å². The number of amides is 1. The molecule has 0 aromatic carbocycles. The maximum atomic E-state index is 11.7. The maximum Gasteiger partial charge on any atom is 0.248 e. The van der Waals surface area contributed by atoms with Crippen molar-refractivity contribution in [3.8, 4) is 0 Å². The van der Waals surface area contributed by atoms with Gasteiger partial charge in [-0.3, -0.25) is 4.79 Å². The van der Waals surface area contributed by atoms with Gasteiger partial charge in [0.2, 0.25) is 5.91 Å². The second kappa shape index (κ2) is 8.45. The van der Waals surface area contributed by atoms with Gasteiger partial charge in [0.05, 0.1) is 6.10 Å². The zero-order valence-corrected chi connectivity index (χ0v) is 11.7. The molecule has 3 atom stereocenters. The van der Waals surface area contributed by atoms with Crippen LogP contribution in [0.2, 0.25) is 0 Å². The van der Waals surface area contributed by atoms with E-state index in [0.717, 1.165) is 25.8 Å². The smallest absolute Gasteiger partial charge is 0.248 e. The van der Waals surface area contributed by atoms with Crippen LogP contribution in [0.15, 0.2) is 0 Å². The molecule has 1 saturated heterocycles. The molecule has 1 aliphatic heterocycles. The summed E-state index contributed by atoms with van der Waals surface area (Å²) in [5.41, 5.74) is 0. The van der Waals surface area contributed by atoms with Crippen LogP contribution in [0.4, 0.5) is 0 Å². The van der Waals surface area contributed by atoms with Gasteiger partial charge in [-0.25, -0.2) is 0 Å². The average Bonchev–Trinajstić information content (AvgIpc) is 2.37. The molecule has 106 valence electrons. The molecule has 0 spiro atoms. The molecule has 1 fully saturated rings. The highest BCUT2D eigenvalue weighted by atomic mass is 16.5. The molecular weight excluding hydrogens is 232 g/mol. The van der Waals surface area contributed by atoms with E-state index in [4.69, 9.17) is 9.47 Å². The normalized spacial score (nSPS) is 25.7. The van der Waals surface area contributed by atoms with Crippen LogP contribution in [0.3, 0.4) is 0 Å². The summed E-state index contributed by atoms with van der Waals surface area (Å²) in [7, 11) is 1.66. The molecule has 2 N–H and O–H groups in total. The minimum atomic E-state index is -0.382. The largest absolute Gasteiger partial charge is 0.385 e. The third kappa shape index (κ3) is 5.80. The zero-order valence-electron chi connectivity index (χ0n) is 11.7. The number of ether oxygens (including phenoxy) is 2. The number of piperidine rings is 1. The van der Waals surface area contributed by atoms with Gasteiger partial charge in [-0.15, -0.1) is 0 Å². The van der Waals surface area contributed by atoms with Gasteiger partial charge in [0.25, 0.3) is 0 Å². The van der Waals surface area contributed by atoms with Crippen molar-refractivity contribution in [3.63, 3.8) is 0 Å². The Bertz CT molecular complexity index is 240. The maximum absolute atomic E-state index is 11.7. The molecule has 0 aromatic rings. The molecule has 5 heteroatoms. The van der Waals surface area contributed by atoms with Crippen molar-refractivity contribution in [2.75, 3.05) is 26.8 Å². The summed E-state index contributed by atoms with van der Waals surface area (Å²) in [6.45, 7) is 6.12. The van der Waals surface area contributed by atoms with Gasteiger partial charge in [0.1, 0.15) is 6.10 Å². The van der Waals surface area contributed by atoms with Gasteiger partial charge >= 0.3 is 0 Å². The quantitative estimate of drug-likeness (QED) is 0.660. The van der Waals surface area contributed by atoms with E-state index < -0.39 is 0 Å². The Morgan fingerprint density at radius 3 is 2.89 bits per heavy atom. The molecule has 1 heterocycles. The van der Waals surface area contributed by atoms with Crippen LogP contribution in [0, 0.1) is 0 Å². The summed E-state index contributed by atoms with van der Waals surface area (Å²) in [6.07, 6.45) is 2.73. The summed E-state index contributed by atoms with van der Waals surface area (Å²) < 4.78 is 10.7. The predicted octanol–water partition coefficient (Wildman–Crippen LogP) is 0.685. The summed E-state index contributed by atoms with van der Waals surface area (Å²) in [5.74, 6) is -0.0373. The highest BCUT2D eigenvalue weighted by Crippen LogP contribution is 2.12. The van der Waals surface area contributed by atoms with Crippen LogP contribution < -0.4 is 10.6 Å². The first-order valence-corrected chi connectivity index (χ1v) is 6.79. The van der Waals surface area contributed by atoms with E-state index in [1.807, 2.05) is 6.92 Å². The Balaban J connectivity index is 2.14. The SMILES string of the molecule is COCCCNC(=O)C(C)OC1CCC(C)NC1. The zero-order chi connectivity index (χ0) is 13.4. The Kier molecular flexibility index (Phi) is 7.23. The van der Waals surface area contributed by atoms with Crippen molar-refractivity contribution in [2.24, 2.45) is 0 Å². The summed E-state index contributed by atoms with van der Waals surface area (Å²) in [4.78, 5) is 11.7. The third-order valence-electron chi connectivity index (χ3n) is 3.21. The predicted molar refractivity (Wildman–Crippen MR) is 70.5 cm³/mol. The number of carbonyl (C=O) groups excluding carboxylic acids is 1. The molecule has 1 amide bonds. The van der Waals surface area contributed by atoms with Crippen LogP contribution >= 0.6 is 0 Å². The summed E-state index contributed by atoms with van der Waals surface area (Å²) >= 11 is 0. The molecule has 3 unspecified atom stereocenters. The highest BCUT2D eigenvalue weighted by Gasteiger charge is 2.22. The number of nitrogens with one attached hydrogen (secondary N) is 2. The fraction of sp³-hybridized carbons (Fsp3) is 0.923. The van der Waals surface area contributed by atoms with Gasteiger partial charge in [0.15, 0.2) is 0 Å². The molecule has 0 aromatic heterocycles. The number of hydrogen-bond acceptors (Lipinski definition) is 4. The minimum absolute atomic E-state index is 0.0373. The highest BCUT2D eigenvalue weighted by molar-refractivity contribution is 5.80. The third-order valence-corrected chi connectivity index (χ3v) is 3.21. The van der Waals surface area contributed by atoms with E-state index in [-0.39, 0.29) is 18.1 Å². The number of carbonyl (C=O) groups is 1. The fourth-order valence-electron chi connectivity index (χ4n) is 2.01. The van der Waals surface area contributed by atoms with Crippen LogP contribution in [-0.4, -0.2) is 51.0 Å². The van der Waals surface area contributed by atoms with Crippen molar-refractivity contribution in [2.45, 2.75) is 51.4 Å². The molecule has 0 saturated carbocycles. The van der Waals surface area contributed by atoms with Crippen LogP contribution in [0.5, 0.6) is 0 Å². The second-order valence-corrected chi connectivity index (χ2v) is 4.92. The fourth-order valence-corrected chi connectivity index (χ4v) is 2.01. The Hall–Kier alpha value is -0.650. The summed E-state index contributed by atoms with van der Waals surface area (Å²) in [5, 5.41) is 6.21. The molecule has 0 radical (unpaired) electrons. The van der Waals surface area contributed by atoms with Gasteiger partial charge < -0.3 is 20.1 Å². The topological polar surface area (TPSA) is 59.6 Å². The monoisotopic (exact) mass is 258 g/mol. The summed E-state index contributed by atoms with van der Waals surface area (Å²) in [6, 6.07) is 0.558. The van der Waals surface area contributed by atoms with Gasteiger partial charge in [0, 0.05) is 32.8 Å². The molecule has 0 aliphatic carbocycles. The molecule has 1 aliphatic rings. The lowest BCUT2D eigenvalue weighted by atomic mass is 10.0. The second-order valence-electron chi connectivity index (χ2n) is 4.92. The van der Waals surface area contributed by atoms with E-state index in [1.54, 1.807) is 7.11 Å². The molecule has 18 heavy (non-hydrogen) atoms. The molecule has 1 rings (SSSR count). The molecule has 5 nitrogen and oxygen atoms in total. The van der Waals surface area contributed by atoms with Crippen molar-refractivity contribution >= 4 is 5.91 Å². The number of hydrogen-bond donors (Lipinski definition) is 2. The van der Waals surface area contributed by atoms with Gasteiger partial charge in [-0.1, -0.05) is 0 Å². The van der Waals surface area contributed by atoms with Crippen molar-refractivity contribution in [1.82, 2.24) is 10.6 Å². The first-order valence-electron chi connectivity index (χ1n) is 6.79. The van der Waals surface area contributed by atoms with E-state index in [1.165, 1.54) is 0 Å². The average molecular weight is 258 g/mol. The lowest BCUT2D eigenvalue weighted by molar-refractivity contribution is -0.136. The standard InChI is InChI=1S/C13H26N2O3/c1-10-5-6-12(9-15-10)18-11(2)13(16)14-7-4-8-17-3/h10-12,15H,4-9H2,1-3H3,(H,14,16). The minimum Gasteiger partial charge on any atom is -0.385 e. The van der Waals surface area contributed by atoms with E-state index in [9.17, 15) is 4.79 Å². The van der Waals surface area contributed by atoms with Crippen molar-refractivity contribution in [3.05, 3.63) is 0 Å². The number of rotatable bonds is 7. The van der Waals surface area contributed by atoms with Gasteiger partial charge in [-0.2, -0.15) is 0 Å². The molecular formula is C13H26N2O3. The lowest BCUT2D eigenvalue weighted by Gasteiger charge is -2.29. The Labute approximate surface area is 110 Å². The van der Waals surface area contributed by atoms with Crippen molar-refractivity contribution < 1.29 is 14.3 Å². The Morgan fingerprint density at radius 1 is 1.50 bits per heavy atom. The van der Waals surface area contributed by atoms with Crippen LogP contribution in [0.25, 0.3) is 0 Å². The van der Waals surface area contributed by atoms with E-state index in [0.29, 0.717) is 19.2 Å². The Morgan fingerprint density at radius 2 is 2.28 bits per heavy atom. The van der Waals surface area contributed by atoms with Gasteiger partial charge in [-0.05, 0) is 33.1 Å². The first kappa shape index (κ1) is 15.4. The van der Waals surface area contributed by atoms with E-state index >= 15 is 0 Å². The lowest BCUT2D eigenvalue weighted by Crippen LogP contribution is -2.45. The number of methoxy groups -OCH3 is 1.